The van der Waals surface area contributed by atoms with Crippen LogP contribution in [0.1, 0.15) is 16.2 Å². The van der Waals surface area contributed by atoms with Crippen molar-refractivity contribution in [1.29, 1.82) is 0 Å². The van der Waals surface area contributed by atoms with Gasteiger partial charge >= 0.3 is 0 Å². The number of ether oxygens (including phenoxy) is 2. The number of hydrogen-bond acceptors (Lipinski definition) is 5. The van der Waals surface area contributed by atoms with Crippen molar-refractivity contribution >= 4 is 5.91 Å². The summed E-state index contributed by atoms with van der Waals surface area (Å²) in [5.74, 6) is -0.257. The van der Waals surface area contributed by atoms with Crippen LogP contribution in [-0.4, -0.2) is 58.5 Å². The number of morpholine rings is 1. The molecule has 0 unspecified atom stereocenters. The average molecular weight is 335 g/mol. The Morgan fingerprint density at radius 1 is 1.50 bits per heavy atom. The fraction of sp³-hybridized carbons (Fsp3) is 0.375. The van der Waals surface area contributed by atoms with Gasteiger partial charge in [0.2, 0.25) is 0 Å². The van der Waals surface area contributed by atoms with Gasteiger partial charge in [-0.3, -0.25) is 9.89 Å². The first-order valence-corrected chi connectivity index (χ1v) is 7.59. The highest BCUT2D eigenvalue weighted by Crippen LogP contribution is 2.15. The molecule has 3 rings (SSSR count). The van der Waals surface area contributed by atoms with Gasteiger partial charge in [0.1, 0.15) is 18.2 Å². The van der Waals surface area contributed by atoms with Gasteiger partial charge in [-0.15, -0.1) is 0 Å². The Morgan fingerprint density at radius 3 is 3.17 bits per heavy atom. The average Bonchev–Trinajstić information content (AvgIpc) is 3.08. The fourth-order valence-electron chi connectivity index (χ4n) is 2.48. The van der Waals surface area contributed by atoms with Crippen LogP contribution in [0.25, 0.3) is 0 Å². The van der Waals surface area contributed by atoms with Crippen LogP contribution in [0.5, 0.6) is 5.75 Å². The Kier molecular flexibility index (Phi) is 5.07. The molecular formula is C16H18FN3O4. The number of nitrogens with one attached hydrogen (secondary N) is 1. The predicted molar refractivity (Wildman–Crippen MR) is 82.0 cm³/mol. The molecule has 2 N–H and O–H groups in total. The van der Waals surface area contributed by atoms with Crippen LogP contribution in [0.15, 0.2) is 30.3 Å². The molecule has 8 heteroatoms. The van der Waals surface area contributed by atoms with E-state index in [-0.39, 0.29) is 36.7 Å². The van der Waals surface area contributed by atoms with Crippen molar-refractivity contribution in [3.8, 4) is 5.75 Å². The van der Waals surface area contributed by atoms with E-state index < -0.39 is 0 Å². The van der Waals surface area contributed by atoms with Crippen LogP contribution in [0.4, 0.5) is 4.39 Å². The number of H-pyrrole nitrogens is 1. The first kappa shape index (κ1) is 16.4. The number of halogens is 1. The van der Waals surface area contributed by atoms with Gasteiger partial charge in [0.15, 0.2) is 5.69 Å². The van der Waals surface area contributed by atoms with Gasteiger partial charge in [0.05, 0.1) is 31.6 Å². The lowest BCUT2D eigenvalue weighted by atomic mass is 10.2. The lowest BCUT2D eigenvalue weighted by molar-refractivity contribution is -0.0186. The summed E-state index contributed by atoms with van der Waals surface area (Å²) in [5.41, 5.74) is 0.838. The van der Waals surface area contributed by atoms with Gasteiger partial charge in [0.25, 0.3) is 5.91 Å². The fourth-order valence-corrected chi connectivity index (χ4v) is 2.48. The molecule has 1 atom stereocenters. The van der Waals surface area contributed by atoms with Crippen molar-refractivity contribution in [3.05, 3.63) is 47.5 Å². The second-order valence-corrected chi connectivity index (χ2v) is 5.43. The van der Waals surface area contributed by atoms with Crippen LogP contribution < -0.4 is 4.74 Å². The molecule has 1 saturated heterocycles. The van der Waals surface area contributed by atoms with Crippen LogP contribution in [0.2, 0.25) is 0 Å². The van der Waals surface area contributed by atoms with E-state index in [1.807, 2.05) is 0 Å². The minimum absolute atomic E-state index is 0.135. The third-order valence-corrected chi connectivity index (χ3v) is 3.74. The van der Waals surface area contributed by atoms with E-state index in [0.29, 0.717) is 31.2 Å². The Labute approximate surface area is 138 Å². The van der Waals surface area contributed by atoms with Crippen molar-refractivity contribution in [2.75, 3.05) is 26.4 Å². The Balaban J connectivity index is 1.63. The molecule has 1 aliphatic rings. The normalized spacial score (nSPS) is 17.8. The van der Waals surface area contributed by atoms with E-state index in [9.17, 15) is 14.3 Å². The second-order valence-electron chi connectivity index (χ2n) is 5.43. The molecule has 7 nitrogen and oxygen atoms in total. The number of aliphatic hydroxyl groups is 1. The summed E-state index contributed by atoms with van der Waals surface area (Å²) in [6.45, 7) is 1.12. The second kappa shape index (κ2) is 7.41. The number of amides is 1. The first-order valence-electron chi connectivity index (χ1n) is 7.59. The molecule has 1 aromatic heterocycles. The van der Waals surface area contributed by atoms with Crippen molar-refractivity contribution < 1.29 is 23.8 Å². The predicted octanol–water partition coefficient (Wildman–Crippen LogP) is 0.961. The summed E-state index contributed by atoms with van der Waals surface area (Å²) in [4.78, 5) is 14.0. The van der Waals surface area contributed by atoms with Crippen LogP contribution in [-0.2, 0) is 11.3 Å². The van der Waals surface area contributed by atoms with E-state index in [1.54, 1.807) is 23.1 Å². The maximum atomic E-state index is 13.1. The summed E-state index contributed by atoms with van der Waals surface area (Å²) in [6.07, 6.45) is 0. The molecular weight excluding hydrogens is 317 g/mol. The topological polar surface area (TPSA) is 87.7 Å². The number of aliphatic hydroxyl groups excluding tert-OH is 1. The molecule has 24 heavy (non-hydrogen) atoms. The molecule has 0 saturated carbocycles. The monoisotopic (exact) mass is 335 g/mol. The van der Waals surface area contributed by atoms with E-state index in [4.69, 9.17) is 9.47 Å². The maximum absolute atomic E-state index is 13.1. The first-order chi connectivity index (χ1) is 11.7. The van der Waals surface area contributed by atoms with Crippen LogP contribution in [0, 0.1) is 5.82 Å². The van der Waals surface area contributed by atoms with Crippen molar-refractivity contribution in [2.24, 2.45) is 0 Å². The minimum atomic E-state index is -0.379. The van der Waals surface area contributed by atoms with Crippen molar-refractivity contribution in [2.45, 2.75) is 12.6 Å². The number of carbonyl (C=O) groups excluding carboxylic acids is 1. The molecule has 0 spiro atoms. The van der Waals surface area contributed by atoms with Gasteiger partial charge in [-0.05, 0) is 18.2 Å². The maximum Gasteiger partial charge on any atom is 0.274 e. The molecule has 1 amide bonds. The Hall–Kier alpha value is -2.45. The molecule has 2 aromatic rings. The molecule has 1 fully saturated rings. The van der Waals surface area contributed by atoms with Gasteiger partial charge in [-0.2, -0.15) is 5.10 Å². The minimum Gasteiger partial charge on any atom is -0.487 e. The van der Waals surface area contributed by atoms with Crippen molar-refractivity contribution in [1.82, 2.24) is 15.1 Å². The highest BCUT2D eigenvalue weighted by molar-refractivity contribution is 5.92. The van der Waals surface area contributed by atoms with Gasteiger partial charge < -0.3 is 19.5 Å². The van der Waals surface area contributed by atoms with E-state index in [2.05, 4.69) is 10.2 Å². The zero-order valence-corrected chi connectivity index (χ0v) is 12.9. The van der Waals surface area contributed by atoms with Crippen LogP contribution >= 0.6 is 0 Å². The summed E-state index contributed by atoms with van der Waals surface area (Å²) >= 11 is 0. The SMILES string of the molecule is O=C(c1cc(COc2cccc(F)c2)[nH]n1)N1CCOC[C@H]1CO. The number of hydrogen-bond donors (Lipinski definition) is 2. The number of nitrogens with zero attached hydrogens (tertiary/aromatic N) is 2. The highest BCUT2D eigenvalue weighted by atomic mass is 19.1. The van der Waals surface area contributed by atoms with E-state index in [1.165, 1.54) is 12.1 Å². The zero-order valence-electron chi connectivity index (χ0n) is 12.9. The Morgan fingerprint density at radius 2 is 2.38 bits per heavy atom. The molecule has 0 bridgehead atoms. The molecule has 2 heterocycles. The number of aromatic nitrogens is 2. The molecule has 1 aromatic carbocycles. The number of benzene rings is 1. The lowest BCUT2D eigenvalue weighted by Crippen LogP contribution is -2.50. The summed E-state index contributed by atoms with van der Waals surface area (Å²) in [5, 5.41) is 16.1. The molecule has 128 valence electrons. The molecule has 0 aliphatic carbocycles. The number of rotatable bonds is 5. The largest absolute Gasteiger partial charge is 0.487 e. The third-order valence-electron chi connectivity index (χ3n) is 3.74. The number of carbonyl (C=O) groups is 1. The molecule has 0 radical (unpaired) electrons. The van der Waals surface area contributed by atoms with E-state index >= 15 is 0 Å². The van der Waals surface area contributed by atoms with Gasteiger partial charge in [-0.1, -0.05) is 6.07 Å². The standard InChI is InChI=1S/C16H18FN3O4/c17-11-2-1-3-14(6-11)24-9-12-7-15(19-18-12)16(22)20-4-5-23-10-13(20)8-21/h1-3,6-7,13,21H,4-5,8-10H2,(H,18,19)/t13-/m1/s1. The van der Waals surface area contributed by atoms with Gasteiger partial charge in [0, 0.05) is 12.6 Å². The number of aromatic amines is 1. The van der Waals surface area contributed by atoms with Gasteiger partial charge in [-0.25, -0.2) is 4.39 Å². The summed E-state index contributed by atoms with van der Waals surface area (Å²) < 4.78 is 23.8. The van der Waals surface area contributed by atoms with E-state index in [0.717, 1.165) is 0 Å². The smallest absolute Gasteiger partial charge is 0.274 e. The summed E-state index contributed by atoms with van der Waals surface area (Å²) in [6, 6.07) is 7.04. The highest BCUT2D eigenvalue weighted by Gasteiger charge is 2.28. The quantitative estimate of drug-likeness (QED) is 0.850. The third kappa shape index (κ3) is 3.72. The van der Waals surface area contributed by atoms with Crippen molar-refractivity contribution in [3.63, 3.8) is 0 Å². The molecule has 1 aliphatic heterocycles. The lowest BCUT2D eigenvalue weighted by Gasteiger charge is -2.33. The summed E-state index contributed by atoms with van der Waals surface area (Å²) in [7, 11) is 0. The Bertz CT molecular complexity index is 706. The zero-order chi connectivity index (χ0) is 16.9. The van der Waals surface area contributed by atoms with Crippen LogP contribution in [0.3, 0.4) is 0 Å².